The summed E-state index contributed by atoms with van der Waals surface area (Å²) in [6.07, 6.45) is 5.02. The molecule has 7 nitrogen and oxygen atoms in total. The van der Waals surface area contributed by atoms with Crippen molar-refractivity contribution in [2.75, 3.05) is 12.3 Å². The minimum atomic E-state index is -0.911. The minimum absolute atomic E-state index is 0.0674. The summed E-state index contributed by atoms with van der Waals surface area (Å²) in [5.74, 6) is -0.764. The molecular weight excluding hydrogens is 478 g/mol. The van der Waals surface area contributed by atoms with Gasteiger partial charge in [0, 0.05) is 13.0 Å². The third kappa shape index (κ3) is 5.94. The first-order valence-electron chi connectivity index (χ1n) is 13.3. The molecule has 0 spiro atoms. The summed E-state index contributed by atoms with van der Waals surface area (Å²) < 4.78 is 7.17. The fourth-order valence-electron chi connectivity index (χ4n) is 5.22. The molecule has 1 aliphatic heterocycles. The van der Waals surface area contributed by atoms with Crippen LogP contribution < -0.4 is 11.3 Å². The van der Waals surface area contributed by atoms with Gasteiger partial charge in [-0.05, 0) is 72.4 Å². The number of hydrogen-bond donors (Lipinski definition) is 2. The van der Waals surface area contributed by atoms with Gasteiger partial charge >= 0.3 is 5.97 Å². The number of nitrogens with zero attached hydrogens (tertiary/aromatic N) is 2. The Bertz CT molecular complexity index is 1470. The Morgan fingerprint density at radius 2 is 1.74 bits per heavy atom. The van der Waals surface area contributed by atoms with E-state index in [4.69, 9.17) is 10.5 Å². The zero-order chi connectivity index (χ0) is 26.5. The van der Waals surface area contributed by atoms with Crippen LogP contribution in [-0.4, -0.2) is 33.3 Å². The fraction of sp³-hybridized carbons (Fsp3) is 0.323. The van der Waals surface area contributed by atoms with Gasteiger partial charge in [-0.25, -0.2) is 4.98 Å². The maximum atomic E-state index is 13.5. The van der Waals surface area contributed by atoms with Gasteiger partial charge in [0.25, 0.3) is 5.56 Å². The second kappa shape index (κ2) is 11.6. The smallest absolute Gasteiger partial charge is 0.303 e. The molecule has 196 valence electrons. The molecule has 5 rings (SSSR count). The van der Waals surface area contributed by atoms with Crippen LogP contribution in [0.2, 0.25) is 0 Å². The molecule has 1 unspecified atom stereocenters. The van der Waals surface area contributed by atoms with E-state index >= 15 is 0 Å². The Morgan fingerprint density at radius 1 is 1.00 bits per heavy atom. The van der Waals surface area contributed by atoms with Crippen molar-refractivity contribution in [1.82, 2.24) is 9.55 Å². The number of aliphatic carboxylic acids is 1. The Hall–Kier alpha value is -3.97. The molecule has 1 saturated heterocycles. The molecule has 1 fully saturated rings. The molecule has 7 heteroatoms. The van der Waals surface area contributed by atoms with Crippen molar-refractivity contribution in [3.05, 3.63) is 93.8 Å². The highest BCUT2D eigenvalue weighted by atomic mass is 16.5. The van der Waals surface area contributed by atoms with Gasteiger partial charge in [-0.15, -0.1) is 0 Å². The van der Waals surface area contributed by atoms with Gasteiger partial charge in [0.1, 0.15) is 0 Å². The molecule has 2 heterocycles. The van der Waals surface area contributed by atoms with Crippen LogP contribution in [0.15, 0.2) is 71.5 Å². The SMILES string of the molecule is Nc1nc2cc(-c3ccc(CCCc4ccccc4)cc3)cc(CCC(=O)O)c2c(=O)n1CC1CCCO1. The Kier molecular flexibility index (Phi) is 7.84. The summed E-state index contributed by atoms with van der Waals surface area (Å²) in [5.41, 5.74) is 11.6. The van der Waals surface area contributed by atoms with E-state index in [1.54, 1.807) is 0 Å². The lowest BCUT2D eigenvalue weighted by atomic mass is 9.96. The van der Waals surface area contributed by atoms with Crippen molar-refractivity contribution in [2.24, 2.45) is 0 Å². The predicted octanol–water partition coefficient (Wildman–Crippen LogP) is 5.02. The number of nitrogens with two attached hydrogens (primary N) is 1. The third-order valence-corrected chi connectivity index (χ3v) is 7.25. The highest BCUT2D eigenvalue weighted by molar-refractivity contribution is 5.88. The van der Waals surface area contributed by atoms with E-state index in [-0.39, 0.29) is 30.5 Å². The highest BCUT2D eigenvalue weighted by Gasteiger charge is 2.21. The maximum Gasteiger partial charge on any atom is 0.303 e. The number of carboxylic acids is 1. The fourth-order valence-corrected chi connectivity index (χ4v) is 5.22. The second-order valence-electron chi connectivity index (χ2n) is 9.98. The minimum Gasteiger partial charge on any atom is -0.481 e. The quantitative estimate of drug-likeness (QED) is 0.310. The molecule has 0 aliphatic carbocycles. The van der Waals surface area contributed by atoms with Crippen LogP contribution in [0.25, 0.3) is 22.0 Å². The van der Waals surface area contributed by atoms with E-state index in [1.165, 1.54) is 15.7 Å². The van der Waals surface area contributed by atoms with Gasteiger partial charge in [0.05, 0.1) is 23.6 Å². The molecule has 0 radical (unpaired) electrons. The monoisotopic (exact) mass is 511 g/mol. The van der Waals surface area contributed by atoms with Crippen LogP contribution in [0, 0.1) is 0 Å². The number of benzene rings is 3. The summed E-state index contributed by atoms with van der Waals surface area (Å²) in [5, 5.41) is 9.76. The van der Waals surface area contributed by atoms with E-state index < -0.39 is 5.97 Å². The zero-order valence-electron chi connectivity index (χ0n) is 21.4. The molecule has 38 heavy (non-hydrogen) atoms. The lowest BCUT2D eigenvalue weighted by molar-refractivity contribution is -0.136. The number of aromatic nitrogens is 2. The van der Waals surface area contributed by atoms with E-state index in [2.05, 4.69) is 53.5 Å². The third-order valence-electron chi connectivity index (χ3n) is 7.25. The molecule has 4 aromatic rings. The molecule has 1 atom stereocenters. The number of aryl methyl sites for hydroxylation is 3. The van der Waals surface area contributed by atoms with Gasteiger partial charge in [-0.1, -0.05) is 60.7 Å². The van der Waals surface area contributed by atoms with Gasteiger partial charge < -0.3 is 15.6 Å². The van der Waals surface area contributed by atoms with Crippen molar-refractivity contribution in [1.29, 1.82) is 0 Å². The van der Waals surface area contributed by atoms with Gasteiger partial charge in [-0.3, -0.25) is 14.2 Å². The summed E-state index contributed by atoms with van der Waals surface area (Å²) in [6.45, 7) is 1.03. The lowest BCUT2D eigenvalue weighted by Gasteiger charge is -2.16. The molecule has 0 bridgehead atoms. The van der Waals surface area contributed by atoms with Crippen molar-refractivity contribution >= 4 is 22.8 Å². The molecule has 1 aliphatic rings. The average molecular weight is 512 g/mol. The second-order valence-corrected chi connectivity index (χ2v) is 9.98. The molecule has 0 saturated carbocycles. The number of fused-ring (bicyclic) bond motifs is 1. The first-order valence-corrected chi connectivity index (χ1v) is 13.3. The Labute approximate surface area is 221 Å². The molecule has 0 amide bonds. The van der Waals surface area contributed by atoms with Crippen molar-refractivity contribution in [3.63, 3.8) is 0 Å². The van der Waals surface area contributed by atoms with E-state index in [9.17, 15) is 14.7 Å². The average Bonchev–Trinajstić information content (AvgIpc) is 3.44. The predicted molar refractivity (Wildman–Crippen MR) is 149 cm³/mol. The van der Waals surface area contributed by atoms with Gasteiger partial charge in [0.2, 0.25) is 5.95 Å². The van der Waals surface area contributed by atoms with Crippen LogP contribution in [0.3, 0.4) is 0 Å². The van der Waals surface area contributed by atoms with Crippen LogP contribution in [0.1, 0.15) is 42.4 Å². The van der Waals surface area contributed by atoms with Crippen molar-refractivity contribution in [3.8, 4) is 11.1 Å². The van der Waals surface area contributed by atoms with Gasteiger partial charge in [0.15, 0.2) is 0 Å². The van der Waals surface area contributed by atoms with Crippen LogP contribution in [0.4, 0.5) is 5.95 Å². The summed E-state index contributed by atoms with van der Waals surface area (Å²) in [7, 11) is 0. The molecule has 3 aromatic carbocycles. The number of ether oxygens (including phenoxy) is 1. The number of anilines is 1. The van der Waals surface area contributed by atoms with Crippen LogP contribution in [-0.2, 0) is 35.3 Å². The number of nitrogen functional groups attached to an aromatic ring is 1. The first kappa shape index (κ1) is 25.7. The lowest BCUT2D eigenvalue weighted by Crippen LogP contribution is -2.30. The van der Waals surface area contributed by atoms with E-state index in [0.717, 1.165) is 43.2 Å². The van der Waals surface area contributed by atoms with Crippen molar-refractivity contribution < 1.29 is 14.6 Å². The zero-order valence-corrected chi connectivity index (χ0v) is 21.4. The summed E-state index contributed by atoms with van der Waals surface area (Å²) in [4.78, 5) is 29.5. The largest absolute Gasteiger partial charge is 0.481 e. The Balaban J connectivity index is 1.43. The van der Waals surface area contributed by atoms with Crippen LogP contribution >= 0.6 is 0 Å². The molecule has 3 N–H and O–H groups in total. The van der Waals surface area contributed by atoms with Crippen molar-refractivity contribution in [2.45, 2.75) is 57.6 Å². The number of carboxylic acid groups (broad SMARTS) is 1. The standard InChI is InChI=1S/C31H33N3O4/c32-31-33-27-19-25(23-13-11-22(12-14-23)9-4-8-21-6-2-1-3-7-21)18-24(15-16-28(35)36)29(27)30(37)34(31)20-26-10-5-17-38-26/h1-3,6-7,11-14,18-19,26H,4-5,8-10,15-17,20H2,(H2,32,33)(H,35,36). The normalized spacial score (nSPS) is 15.2. The van der Waals surface area contributed by atoms with Crippen LogP contribution in [0.5, 0.6) is 0 Å². The maximum absolute atomic E-state index is 13.5. The Morgan fingerprint density at radius 3 is 2.42 bits per heavy atom. The van der Waals surface area contributed by atoms with E-state index in [1.807, 2.05) is 18.2 Å². The number of rotatable bonds is 10. The number of hydrogen-bond acceptors (Lipinski definition) is 5. The summed E-state index contributed by atoms with van der Waals surface area (Å²) in [6, 6.07) is 22.7. The van der Waals surface area contributed by atoms with E-state index in [0.29, 0.717) is 29.6 Å². The van der Waals surface area contributed by atoms with Gasteiger partial charge in [-0.2, -0.15) is 0 Å². The molecule has 1 aromatic heterocycles. The molecular formula is C31H33N3O4. The topological polar surface area (TPSA) is 107 Å². The highest BCUT2D eigenvalue weighted by Crippen LogP contribution is 2.28. The first-order chi connectivity index (χ1) is 18.5. The number of carbonyl (C=O) groups is 1. The summed E-state index contributed by atoms with van der Waals surface area (Å²) >= 11 is 0.